The second-order valence-electron chi connectivity index (χ2n) is 13.4. The fourth-order valence-corrected chi connectivity index (χ4v) is 9.30. The molecule has 4 aliphatic rings. The zero-order chi connectivity index (χ0) is 22.8. The van der Waals surface area contributed by atoms with Crippen LogP contribution in [0.1, 0.15) is 106 Å². The van der Waals surface area contributed by atoms with Gasteiger partial charge in [0.1, 0.15) is 0 Å². The van der Waals surface area contributed by atoms with E-state index in [9.17, 15) is 15.3 Å². The van der Waals surface area contributed by atoms with Crippen LogP contribution in [-0.2, 0) is 0 Å². The molecule has 0 aromatic carbocycles. The van der Waals surface area contributed by atoms with Gasteiger partial charge in [-0.15, -0.1) is 0 Å². The van der Waals surface area contributed by atoms with E-state index in [2.05, 4.69) is 41.5 Å². The molecule has 0 spiro atoms. The van der Waals surface area contributed by atoms with E-state index in [0.29, 0.717) is 29.6 Å². The van der Waals surface area contributed by atoms with Gasteiger partial charge in [-0.1, -0.05) is 54.4 Å². The van der Waals surface area contributed by atoms with Crippen molar-refractivity contribution in [2.24, 2.45) is 52.3 Å². The van der Waals surface area contributed by atoms with Crippen molar-refractivity contribution in [1.29, 1.82) is 0 Å². The van der Waals surface area contributed by atoms with Crippen molar-refractivity contribution in [1.82, 2.24) is 0 Å². The highest BCUT2D eigenvalue weighted by Gasteiger charge is 2.67. The largest absolute Gasteiger partial charge is 0.393 e. The molecular formula is C28H50O3. The van der Waals surface area contributed by atoms with Crippen molar-refractivity contribution in [3.63, 3.8) is 0 Å². The normalized spacial score (nSPS) is 51.7. The van der Waals surface area contributed by atoms with Crippen molar-refractivity contribution < 1.29 is 15.3 Å². The minimum absolute atomic E-state index is 0.258. The molecule has 180 valence electrons. The monoisotopic (exact) mass is 434 g/mol. The van der Waals surface area contributed by atoms with E-state index in [0.717, 1.165) is 42.9 Å². The summed E-state index contributed by atoms with van der Waals surface area (Å²) in [5.74, 6) is 4.85. The zero-order valence-electron chi connectivity index (χ0n) is 21.1. The molecule has 4 saturated carbocycles. The number of aliphatic hydroxyl groups is 3. The van der Waals surface area contributed by atoms with Gasteiger partial charge >= 0.3 is 0 Å². The van der Waals surface area contributed by atoms with Gasteiger partial charge in [-0.3, -0.25) is 0 Å². The Bertz CT molecular complexity index is 648. The Morgan fingerprint density at radius 3 is 2.26 bits per heavy atom. The third-order valence-corrected chi connectivity index (χ3v) is 11.8. The van der Waals surface area contributed by atoms with Crippen LogP contribution in [0.15, 0.2) is 0 Å². The third-order valence-electron chi connectivity index (χ3n) is 11.8. The van der Waals surface area contributed by atoms with Crippen molar-refractivity contribution in [2.75, 3.05) is 0 Å². The fourth-order valence-electron chi connectivity index (χ4n) is 9.30. The highest BCUT2D eigenvalue weighted by Crippen LogP contribution is 2.69. The molecule has 3 nitrogen and oxygen atoms in total. The quantitative estimate of drug-likeness (QED) is 0.512. The molecule has 0 radical (unpaired) electrons. The van der Waals surface area contributed by atoms with Gasteiger partial charge in [-0.2, -0.15) is 0 Å². The van der Waals surface area contributed by atoms with Gasteiger partial charge in [0.05, 0.1) is 17.8 Å². The van der Waals surface area contributed by atoms with Gasteiger partial charge in [-0.25, -0.2) is 0 Å². The Morgan fingerprint density at radius 2 is 1.58 bits per heavy atom. The summed E-state index contributed by atoms with van der Waals surface area (Å²) in [6.07, 6.45) is 9.33. The Labute approximate surface area is 191 Å². The summed E-state index contributed by atoms with van der Waals surface area (Å²) in [5, 5.41) is 33.1. The van der Waals surface area contributed by atoms with Crippen LogP contribution in [0, 0.1) is 52.3 Å². The molecule has 31 heavy (non-hydrogen) atoms. The average Bonchev–Trinajstić information content (AvgIpc) is 3.05. The first kappa shape index (κ1) is 24.0. The second kappa shape index (κ2) is 8.27. The smallest absolute Gasteiger partial charge is 0.0985 e. The van der Waals surface area contributed by atoms with E-state index < -0.39 is 17.8 Å². The van der Waals surface area contributed by atoms with Crippen LogP contribution < -0.4 is 0 Å². The molecule has 4 rings (SSSR count). The first-order valence-corrected chi connectivity index (χ1v) is 13.5. The zero-order valence-corrected chi connectivity index (χ0v) is 21.1. The summed E-state index contributed by atoms with van der Waals surface area (Å²) in [6.45, 7) is 14.4. The first-order valence-electron chi connectivity index (χ1n) is 13.5. The Morgan fingerprint density at radius 1 is 0.871 bits per heavy atom. The Hall–Kier alpha value is -0.120. The van der Waals surface area contributed by atoms with E-state index in [-0.39, 0.29) is 5.41 Å². The van der Waals surface area contributed by atoms with Crippen LogP contribution in [0.4, 0.5) is 0 Å². The van der Waals surface area contributed by atoms with Crippen LogP contribution in [0.2, 0.25) is 0 Å². The van der Waals surface area contributed by atoms with Gasteiger partial charge in [0.15, 0.2) is 0 Å². The van der Waals surface area contributed by atoms with E-state index in [4.69, 9.17) is 0 Å². The number of hydrogen-bond acceptors (Lipinski definition) is 3. The summed E-state index contributed by atoms with van der Waals surface area (Å²) in [7, 11) is 0. The molecule has 0 bridgehead atoms. The summed E-state index contributed by atoms with van der Waals surface area (Å²) < 4.78 is 0. The molecule has 0 heterocycles. The molecule has 4 aliphatic carbocycles. The van der Waals surface area contributed by atoms with Gasteiger partial charge in [0, 0.05) is 11.8 Å². The van der Waals surface area contributed by atoms with Crippen molar-refractivity contribution in [2.45, 2.75) is 124 Å². The maximum atomic E-state index is 11.6. The van der Waals surface area contributed by atoms with E-state index in [1.807, 2.05) is 0 Å². The topological polar surface area (TPSA) is 60.7 Å². The van der Waals surface area contributed by atoms with Crippen LogP contribution in [-0.4, -0.2) is 33.1 Å². The maximum absolute atomic E-state index is 11.6. The van der Waals surface area contributed by atoms with Crippen molar-refractivity contribution in [3.8, 4) is 0 Å². The maximum Gasteiger partial charge on any atom is 0.0985 e. The summed E-state index contributed by atoms with van der Waals surface area (Å²) in [5.41, 5.74) is -0.981. The summed E-state index contributed by atoms with van der Waals surface area (Å²) in [6, 6.07) is 0. The Balaban J connectivity index is 1.52. The predicted molar refractivity (Wildman–Crippen MR) is 126 cm³/mol. The van der Waals surface area contributed by atoms with E-state index in [1.165, 1.54) is 38.5 Å². The van der Waals surface area contributed by atoms with Crippen LogP contribution in [0.25, 0.3) is 0 Å². The molecule has 11 atom stereocenters. The molecule has 0 aliphatic heterocycles. The lowest BCUT2D eigenvalue weighted by Crippen LogP contribution is -2.68. The Kier molecular flexibility index (Phi) is 6.41. The van der Waals surface area contributed by atoms with Crippen LogP contribution >= 0.6 is 0 Å². The standard InChI is InChI=1S/C28H50O3/c1-17(2)18(3)7-8-19(4)22-9-10-23-21-15-25(30)28(31)16-20(29)11-14-27(28,6)24(21)12-13-26(22,23)5/h17-25,29-31H,7-16H2,1-6H3/t18-,19+,20-,21-,22+,23-,24-,25+,26+,27+,28-/m0/s1. The number of rotatable bonds is 5. The molecule has 0 amide bonds. The first-order chi connectivity index (χ1) is 14.4. The predicted octanol–water partition coefficient (Wildman–Crippen LogP) is 5.80. The highest BCUT2D eigenvalue weighted by atomic mass is 16.3. The van der Waals surface area contributed by atoms with E-state index in [1.54, 1.807) is 0 Å². The van der Waals surface area contributed by atoms with E-state index >= 15 is 0 Å². The molecule has 0 aromatic heterocycles. The molecule has 4 fully saturated rings. The van der Waals surface area contributed by atoms with Gasteiger partial charge in [-0.05, 0) is 91.8 Å². The lowest BCUT2D eigenvalue weighted by molar-refractivity contribution is -0.264. The molecular weight excluding hydrogens is 384 g/mol. The minimum Gasteiger partial charge on any atom is -0.393 e. The van der Waals surface area contributed by atoms with Gasteiger partial charge < -0.3 is 15.3 Å². The molecule has 0 saturated heterocycles. The minimum atomic E-state index is -1.11. The van der Waals surface area contributed by atoms with Gasteiger partial charge in [0.2, 0.25) is 0 Å². The highest BCUT2D eigenvalue weighted by molar-refractivity contribution is 5.17. The van der Waals surface area contributed by atoms with Crippen molar-refractivity contribution >= 4 is 0 Å². The molecule has 3 heteroatoms. The SMILES string of the molecule is CC(C)[C@@H](C)CC[C@@H](C)[C@H]1CC[C@H]2[C@@H]3C[C@@H](O)[C@@]4(O)C[C@@H](O)CC[C@]4(C)[C@H]3CC[C@]12C. The molecule has 0 unspecified atom stereocenters. The molecule has 0 aromatic rings. The molecule has 3 N–H and O–H groups in total. The van der Waals surface area contributed by atoms with Crippen molar-refractivity contribution in [3.05, 3.63) is 0 Å². The average molecular weight is 435 g/mol. The van der Waals surface area contributed by atoms with Crippen LogP contribution in [0.3, 0.4) is 0 Å². The fraction of sp³-hybridized carbons (Fsp3) is 1.00. The number of fused-ring (bicyclic) bond motifs is 5. The lowest BCUT2D eigenvalue weighted by atomic mass is 9.42. The third kappa shape index (κ3) is 3.64. The van der Waals surface area contributed by atoms with Gasteiger partial charge in [0.25, 0.3) is 0 Å². The summed E-state index contributed by atoms with van der Waals surface area (Å²) >= 11 is 0. The number of hydrogen-bond donors (Lipinski definition) is 3. The second-order valence-corrected chi connectivity index (χ2v) is 13.4. The van der Waals surface area contributed by atoms with Crippen LogP contribution in [0.5, 0.6) is 0 Å². The summed E-state index contributed by atoms with van der Waals surface area (Å²) in [4.78, 5) is 0. The lowest BCUT2D eigenvalue weighted by Gasteiger charge is -2.65. The number of aliphatic hydroxyl groups excluding tert-OH is 2.